The van der Waals surface area contributed by atoms with Crippen LogP contribution in [-0.4, -0.2) is 19.3 Å². The molecular formula is C15H22BrNO. The van der Waals surface area contributed by atoms with Crippen molar-refractivity contribution < 1.29 is 4.74 Å². The topological polar surface area (TPSA) is 21.3 Å². The van der Waals surface area contributed by atoms with E-state index >= 15 is 0 Å². The van der Waals surface area contributed by atoms with Crippen molar-refractivity contribution in [2.75, 3.05) is 18.5 Å². The molecule has 1 fully saturated rings. The Kier molecular flexibility index (Phi) is 5.07. The zero-order valence-electron chi connectivity index (χ0n) is 11.3. The Morgan fingerprint density at radius 1 is 1.33 bits per heavy atom. The molecule has 1 aromatic carbocycles. The largest absolute Gasteiger partial charge is 0.385 e. The molecule has 2 nitrogen and oxygen atoms in total. The molecule has 1 aliphatic rings. The summed E-state index contributed by atoms with van der Waals surface area (Å²) in [6, 6.07) is 4.32. The molecule has 0 aromatic heterocycles. The van der Waals surface area contributed by atoms with Gasteiger partial charge in [0.25, 0.3) is 0 Å². The lowest BCUT2D eigenvalue weighted by Crippen LogP contribution is -2.10. The molecule has 3 heteroatoms. The highest BCUT2D eigenvalue weighted by molar-refractivity contribution is 9.10. The van der Waals surface area contributed by atoms with E-state index < -0.39 is 0 Å². The second kappa shape index (κ2) is 6.58. The van der Waals surface area contributed by atoms with Gasteiger partial charge in [-0.15, -0.1) is 0 Å². The zero-order chi connectivity index (χ0) is 13.0. The van der Waals surface area contributed by atoms with Gasteiger partial charge in [-0.05, 0) is 62.8 Å². The lowest BCUT2D eigenvalue weighted by molar-refractivity contribution is 0.103. The zero-order valence-corrected chi connectivity index (χ0v) is 12.8. The van der Waals surface area contributed by atoms with Gasteiger partial charge >= 0.3 is 0 Å². The van der Waals surface area contributed by atoms with Gasteiger partial charge in [0.05, 0.1) is 6.10 Å². The van der Waals surface area contributed by atoms with E-state index in [-0.39, 0.29) is 0 Å². The van der Waals surface area contributed by atoms with E-state index in [1.54, 1.807) is 0 Å². The maximum Gasteiger partial charge on any atom is 0.0576 e. The van der Waals surface area contributed by atoms with Gasteiger partial charge in [-0.25, -0.2) is 0 Å². The van der Waals surface area contributed by atoms with Crippen molar-refractivity contribution in [3.8, 4) is 0 Å². The molecule has 1 atom stereocenters. The predicted molar refractivity (Wildman–Crippen MR) is 80.3 cm³/mol. The average molecular weight is 312 g/mol. The van der Waals surface area contributed by atoms with E-state index in [1.807, 2.05) is 0 Å². The highest BCUT2D eigenvalue weighted by Gasteiger charge is 2.14. The number of ether oxygens (including phenoxy) is 1. The summed E-state index contributed by atoms with van der Waals surface area (Å²) in [6.45, 7) is 6.30. The normalized spacial score (nSPS) is 19.2. The fourth-order valence-electron chi connectivity index (χ4n) is 2.60. The highest BCUT2D eigenvalue weighted by atomic mass is 79.9. The van der Waals surface area contributed by atoms with Crippen molar-refractivity contribution >= 4 is 21.6 Å². The van der Waals surface area contributed by atoms with Crippen molar-refractivity contribution in [2.45, 2.75) is 45.6 Å². The minimum atomic E-state index is 0.513. The van der Waals surface area contributed by atoms with E-state index in [1.165, 1.54) is 42.5 Å². The maximum absolute atomic E-state index is 5.63. The Labute approximate surface area is 118 Å². The Hall–Kier alpha value is -0.540. The van der Waals surface area contributed by atoms with Crippen molar-refractivity contribution in [1.29, 1.82) is 0 Å². The third-order valence-electron chi connectivity index (χ3n) is 3.53. The van der Waals surface area contributed by atoms with Gasteiger partial charge in [0.15, 0.2) is 0 Å². The SMILES string of the molecule is Cc1cc(Br)cc(C)c1NCCCC1CCCO1. The number of rotatable bonds is 5. The predicted octanol–water partition coefficient (Wildman–Crippen LogP) is 4.44. The quantitative estimate of drug-likeness (QED) is 0.812. The Morgan fingerprint density at radius 2 is 2.06 bits per heavy atom. The van der Waals surface area contributed by atoms with Crippen molar-refractivity contribution in [1.82, 2.24) is 0 Å². The van der Waals surface area contributed by atoms with Gasteiger partial charge in [-0.1, -0.05) is 15.9 Å². The van der Waals surface area contributed by atoms with Crippen LogP contribution in [0.15, 0.2) is 16.6 Å². The van der Waals surface area contributed by atoms with Crippen molar-refractivity contribution in [3.63, 3.8) is 0 Å². The average Bonchev–Trinajstić information content (AvgIpc) is 2.79. The molecule has 18 heavy (non-hydrogen) atoms. The summed E-state index contributed by atoms with van der Waals surface area (Å²) < 4.78 is 6.79. The summed E-state index contributed by atoms with van der Waals surface area (Å²) in [5, 5.41) is 3.56. The molecular weight excluding hydrogens is 290 g/mol. The van der Waals surface area contributed by atoms with E-state index in [0.29, 0.717) is 6.10 Å². The summed E-state index contributed by atoms with van der Waals surface area (Å²) in [4.78, 5) is 0. The van der Waals surface area contributed by atoms with E-state index in [9.17, 15) is 0 Å². The number of nitrogens with one attached hydrogen (secondary N) is 1. The summed E-state index contributed by atoms with van der Waals surface area (Å²) in [5.41, 5.74) is 3.89. The molecule has 1 saturated heterocycles. The van der Waals surface area contributed by atoms with Crippen LogP contribution in [-0.2, 0) is 4.74 Å². The lowest BCUT2D eigenvalue weighted by atomic mass is 10.1. The molecule has 1 heterocycles. The van der Waals surface area contributed by atoms with Crippen molar-refractivity contribution in [2.24, 2.45) is 0 Å². The van der Waals surface area contributed by atoms with Gasteiger partial charge < -0.3 is 10.1 Å². The Balaban J connectivity index is 1.79. The van der Waals surface area contributed by atoms with Gasteiger partial charge in [0.2, 0.25) is 0 Å². The molecule has 1 aromatic rings. The molecule has 0 bridgehead atoms. The van der Waals surface area contributed by atoms with Crippen LogP contribution < -0.4 is 5.32 Å². The molecule has 0 aliphatic carbocycles. The number of anilines is 1. The molecule has 100 valence electrons. The minimum absolute atomic E-state index is 0.513. The first kappa shape index (κ1) is 13.9. The summed E-state index contributed by atoms with van der Waals surface area (Å²) in [6.07, 6.45) is 5.36. The fourth-order valence-corrected chi connectivity index (χ4v) is 3.29. The summed E-state index contributed by atoms with van der Waals surface area (Å²) in [5.74, 6) is 0. The van der Waals surface area contributed by atoms with Crippen molar-refractivity contribution in [3.05, 3.63) is 27.7 Å². The van der Waals surface area contributed by atoms with Gasteiger partial charge in [0, 0.05) is 23.3 Å². The van der Waals surface area contributed by atoms with E-state index in [4.69, 9.17) is 4.74 Å². The summed E-state index contributed by atoms with van der Waals surface area (Å²) in [7, 11) is 0. The van der Waals surface area contributed by atoms with Crippen LogP contribution in [0.25, 0.3) is 0 Å². The molecule has 2 rings (SSSR count). The minimum Gasteiger partial charge on any atom is -0.385 e. The molecule has 1 aliphatic heterocycles. The van der Waals surface area contributed by atoms with Gasteiger partial charge in [-0.2, -0.15) is 0 Å². The monoisotopic (exact) mass is 311 g/mol. The Morgan fingerprint density at radius 3 is 2.67 bits per heavy atom. The smallest absolute Gasteiger partial charge is 0.0576 e. The van der Waals surface area contributed by atoms with Crippen LogP contribution in [0.1, 0.15) is 36.8 Å². The number of aryl methyl sites for hydroxylation is 2. The maximum atomic E-state index is 5.63. The second-order valence-corrected chi connectivity index (χ2v) is 6.03. The number of hydrogen-bond acceptors (Lipinski definition) is 2. The molecule has 1 unspecified atom stereocenters. The first-order valence-corrected chi connectivity index (χ1v) is 7.58. The van der Waals surface area contributed by atoms with Crippen LogP contribution in [0.2, 0.25) is 0 Å². The first-order valence-electron chi connectivity index (χ1n) is 6.79. The second-order valence-electron chi connectivity index (χ2n) is 5.12. The van der Waals surface area contributed by atoms with Crippen LogP contribution >= 0.6 is 15.9 Å². The molecule has 0 saturated carbocycles. The van der Waals surface area contributed by atoms with E-state index in [2.05, 4.69) is 47.2 Å². The van der Waals surface area contributed by atoms with Crippen LogP contribution in [0.3, 0.4) is 0 Å². The summed E-state index contributed by atoms with van der Waals surface area (Å²) >= 11 is 3.53. The molecule has 1 N–H and O–H groups in total. The molecule has 0 amide bonds. The number of benzene rings is 1. The van der Waals surface area contributed by atoms with Gasteiger partial charge in [-0.3, -0.25) is 0 Å². The number of halogens is 1. The van der Waals surface area contributed by atoms with Crippen LogP contribution in [0.4, 0.5) is 5.69 Å². The Bertz CT molecular complexity index is 376. The van der Waals surface area contributed by atoms with Crippen LogP contribution in [0.5, 0.6) is 0 Å². The first-order chi connectivity index (χ1) is 8.66. The third kappa shape index (κ3) is 3.72. The molecule has 0 radical (unpaired) electrons. The molecule has 0 spiro atoms. The standard InChI is InChI=1S/C15H22BrNO/c1-11-9-13(16)10-12(2)15(11)17-7-3-5-14-6-4-8-18-14/h9-10,14,17H,3-8H2,1-2H3. The highest BCUT2D eigenvalue weighted by Crippen LogP contribution is 2.25. The van der Waals surface area contributed by atoms with Gasteiger partial charge in [0.1, 0.15) is 0 Å². The number of hydrogen-bond donors (Lipinski definition) is 1. The van der Waals surface area contributed by atoms with Crippen LogP contribution in [0, 0.1) is 13.8 Å². The van der Waals surface area contributed by atoms with E-state index in [0.717, 1.165) is 17.6 Å². The lowest BCUT2D eigenvalue weighted by Gasteiger charge is -2.14. The third-order valence-corrected chi connectivity index (χ3v) is 3.98. The fraction of sp³-hybridized carbons (Fsp3) is 0.600.